The largest absolute Gasteiger partial charge is 0.506 e. The number of rotatable bonds is 0. The van der Waals surface area contributed by atoms with Crippen LogP contribution in [0.4, 0.5) is 0 Å². The van der Waals surface area contributed by atoms with Crippen molar-refractivity contribution < 1.29 is 5.11 Å². The summed E-state index contributed by atoms with van der Waals surface area (Å²) in [6, 6.07) is 3.49. The Morgan fingerprint density at radius 2 is 2.36 bits per heavy atom. The first-order chi connectivity index (χ1) is 5.27. The molecule has 3 nitrogen and oxygen atoms in total. The van der Waals surface area contributed by atoms with Crippen molar-refractivity contribution in [2.45, 2.75) is 0 Å². The van der Waals surface area contributed by atoms with Gasteiger partial charge in [0, 0.05) is 6.20 Å². The molecular formula is C7H7BN2O. The molecule has 0 fully saturated rings. The van der Waals surface area contributed by atoms with E-state index in [4.69, 9.17) is 0 Å². The fraction of sp³-hybridized carbons (Fsp3) is 0. The number of aromatic hydroxyl groups is 1. The fourth-order valence-electron chi connectivity index (χ4n) is 1.14. The molecule has 0 unspecified atom stereocenters. The lowest BCUT2D eigenvalue weighted by molar-refractivity contribution is 0.479. The van der Waals surface area contributed by atoms with Gasteiger partial charge in [-0.2, -0.15) is 5.10 Å². The van der Waals surface area contributed by atoms with Crippen LogP contribution in [0.15, 0.2) is 24.5 Å². The third-order valence-corrected chi connectivity index (χ3v) is 1.62. The molecule has 2 heterocycles. The van der Waals surface area contributed by atoms with Crippen molar-refractivity contribution in [2.75, 3.05) is 0 Å². The van der Waals surface area contributed by atoms with E-state index < -0.39 is 0 Å². The second-order valence-electron chi connectivity index (χ2n) is 2.56. The van der Waals surface area contributed by atoms with Crippen molar-refractivity contribution in [3.05, 3.63) is 24.5 Å². The Balaban J connectivity index is 2.91. The molecule has 0 atom stereocenters. The minimum atomic E-state index is 0.280. The van der Waals surface area contributed by atoms with E-state index in [0.717, 1.165) is 11.0 Å². The first-order valence-electron chi connectivity index (χ1n) is 3.40. The summed E-state index contributed by atoms with van der Waals surface area (Å²) in [5.41, 5.74) is 1.74. The van der Waals surface area contributed by atoms with Gasteiger partial charge in [0.2, 0.25) is 0 Å². The summed E-state index contributed by atoms with van der Waals surface area (Å²) in [5, 5.41) is 13.4. The molecule has 0 spiro atoms. The van der Waals surface area contributed by atoms with Gasteiger partial charge in [0.15, 0.2) is 0 Å². The lowest BCUT2D eigenvalue weighted by atomic mass is 9.98. The monoisotopic (exact) mass is 146 g/mol. The van der Waals surface area contributed by atoms with Gasteiger partial charge >= 0.3 is 0 Å². The van der Waals surface area contributed by atoms with E-state index in [0.29, 0.717) is 0 Å². The standard InChI is InChI=1S/C7H7BN2O/c8-5-3-7(11)6-1-2-9-10(6)4-5/h1-4,11H,8H2. The zero-order valence-corrected chi connectivity index (χ0v) is 6.15. The molecule has 4 heteroatoms. The number of fused-ring (bicyclic) bond motifs is 1. The predicted molar refractivity (Wildman–Crippen MR) is 45.0 cm³/mol. The quantitative estimate of drug-likeness (QED) is 0.499. The number of hydrogen-bond donors (Lipinski definition) is 1. The maximum Gasteiger partial charge on any atom is 0.141 e. The van der Waals surface area contributed by atoms with Crippen LogP contribution in [0.1, 0.15) is 0 Å². The summed E-state index contributed by atoms with van der Waals surface area (Å²) < 4.78 is 1.66. The average Bonchev–Trinajstić information content (AvgIpc) is 2.34. The van der Waals surface area contributed by atoms with Gasteiger partial charge in [0.05, 0.1) is 6.20 Å². The Morgan fingerprint density at radius 3 is 3.18 bits per heavy atom. The van der Waals surface area contributed by atoms with Crippen molar-refractivity contribution in [1.29, 1.82) is 0 Å². The number of nitrogens with zero attached hydrogens (tertiary/aromatic N) is 2. The molecule has 0 aromatic carbocycles. The van der Waals surface area contributed by atoms with Crippen molar-refractivity contribution in [3.8, 4) is 5.75 Å². The molecule has 0 saturated carbocycles. The minimum absolute atomic E-state index is 0.280. The van der Waals surface area contributed by atoms with Gasteiger partial charge in [-0.25, -0.2) is 4.52 Å². The second-order valence-corrected chi connectivity index (χ2v) is 2.56. The van der Waals surface area contributed by atoms with Crippen LogP contribution < -0.4 is 5.46 Å². The second kappa shape index (κ2) is 2.02. The van der Waals surface area contributed by atoms with Gasteiger partial charge in [-0.15, -0.1) is 0 Å². The van der Waals surface area contributed by atoms with Crippen LogP contribution in [0.5, 0.6) is 5.75 Å². The normalized spacial score (nSPS) is 10.5. The highest BCUT2D eigenvalue weighted by Gasteiger charge is 1.99. The summed E-state index contributed by atoms with van der Waals surface area (Å²) in [7, 11) is 1.92. The summed E-state index contributed by atoms with van der Waals surface area (Å²) in [5.74, 6) is 0.280. The Labute approximate surface area is 64.7 Å². The van der Waals surface area contributed by atoms with Crippen molar-refractivity contribution in [1.82, 2.24) is 9.61 Å². The maximum atomic E-state index is 9.38. The van der Waals surface area contributed by atoms with E-state index in [1.165, 1.54) is 0 Å². The van der Waals surface area contributed by atoms with Crippen LogP contribution >= 0.6 is 0 Å². The highest BCUT2D eigenvalue weighted by atomic mass is 16.3. The van der Waals surface area contributed by atoms with Crippen LogP contribution in [-0.2, 0) is 0 Å². The summed E-state index contributed by atoms with van der Waals surface area (Å²) in [4.78, 5) is 0. The summed E-state index contributed by atoms with van der Waals surface area (Å²) >= 11 is 0. The van der Waals surface area contributed by atoms with Crippen LogP contribution in [0.25, 0.3) is 5.52 Å². The highest BCUT2D eigenvalue weighted by Crippen LogP contribution is 2.14. The highest BCUT2D eigenvalue weighted by molar-refractivity contribution is 6.32. The van der Waals surface area contributed by atoms with Gasteiger partial charge in [-0.05, 0) is 12.1 Å². The van der Waals surface area contributed by atoms with Crippen molar-refractivity contribution in [2.24, 2.45) is 0 Å². The van der Waals surface area contributed by atoms with Gasteiger partial charge in [-0.3, -0.25) is 0 Å². The van der Waals surface area contributed by atoms with Crippen LogP contribution in [0.2, 0.25) is 0 Å². The first-order valence-corrected chi connectivity index (χ1v) is 3.40. The van der Waals surface area contributed by atoms with Gasteiger partial charge in [-0.1, -0.05) is 5.46 Å². The van der Waals surface area contributed by atoms with Crippen molar-refractivity contribution >= 4 is 18.8 Å². The molecular weight excluding hydrogens is 139 g/mol. The Kier molecular flexibility index (Phi) is 1.15. The van der Waals surface area contributed by atoms with Crippen LogP contribution in [0.3, 0.4) is 0 Å². The molecule has 2 aromatic heterocycles. The van der Waals surface area contributed by atoms with E-state index in [2.05, 4.69) is 5.10 Å². The van der Waals surface area contributed by atoms with E-state index in [1.54, 1.807) is 22.8 Å². The molecule has 2 rings (SSSR count). The Hall–Kier alpha value is -1.45. The third kappa shape index (κ3) is 0.870. The molecule has 0 amide bonds. The predicted octanol–water partition coefficient (Wildman–Crippen LogP) is -0.702. The SMILES string of the molecule is Bc1cc(O)c2ccnn2c1. The molecule has 0 aliphatic heterocycles. The summed E-state index contributed by atoms with van der Waals surface area (Å²) in [6.45, 7) is 0. The molecule has 0 aliphatic rings. The van der Waals surface area contributed by atoms with Gasteiger partial charge < -0.3 is 5.11 Å². The molecule has 0 bridgehead atoms. The lowest BCUT2D eigenvalue weighted by Crippen LogP contribution is -2.05. The maximum absolute atomic E-state index is 9.38. The molecule has 11 heavy (non-hydrogen) atoms. The Morgan fingerprint density at radius 1 is 1.55 bits per heavy atom. The molecule has 0 radical (unpaired) electrons. The molecule has 0 saturated heterocycles. The molecule has 54 valence electrons. The first kappa shape index (κ1) is 6.28. The zero-order valence-electron chi connectivity index (χ0n) is 6.15. The topological polar surface area (TPSA) is 37.5 Å². The van der Waals surface area contributed by atoms with E-state index >= 15 is 0 Å². The number of pyridine rings is 1. The minimum Gasteiger partial charge on any atom is -0.506 e. The van der Waals surface area contributed by atoms with Crippen LogP contribution in [-0.4, -0.2) is 22.6 Å². The number of aromatic nitrogens is 2. The smallest absolute Gasteiger partial charge is 0.141 e. The lowest BCUT2D eigenvalue weighted by Gasteiger charge is -1.98. The Bertz CT molecular complexity index is 396. The molecule has 1 N–H and O–H groups in total. The van der Waals surface area contributed by atoms with Gasteiger partial charge in [0.1, 0.15) is 19.1 Å². The fourth-order valence-corrected chi connectivity index (χ4v) is 1.14. The zero-order chi connectivity index (χ0) is 7.84. The number of hydrogen-bond acceptors (Lipinski definition) is 2. The van der Waals surface area contributed by atoms with E-state index in [-0.39, 0.29) is 5.75 Å². The van der Waals surface area contributed by atoms with E-state index in [9.17, 15) is 5.11 Å². The van der Waals surface area contributed by atoms with Crippen molar-refractivity contribution in [3.63, 3.8) is 0 Å². The third-order valence-electron chi connectivity index (χ3n) is 1.62. The summed E-state index contributed by atoms with van der Waals surface area (Å²) in [6.07, 6.45) is 3.53. The average molecular weight is 146 g/mol. The van der Waals surface area contributed by atoms with Gasteiger partial charge in [0.25, 0.3) is 0 Å². The van der Waals surface area contributed by atoms with E-state index in [1.807, 2.05) is 14.0 Å². The molecule has 2 aromatic rings. The molecule has 0 aliphatic carbocycles. The van der Waals surface area contributed by atoms with Crippen LogP contribution in [0, 0.1) is 0 Å².